The minimum atomic E-state index is -4.41. The number of aromatic nitrogens is 1. The Balaban J connectivity index is 1.45. The summed E-state index contributed by atoms with van der Waals surface area (Å²) in [6.07, 6.45) is -2.97. The fourth-order valence-electron chi connectivity index (χ4n) is 4.29. The van der Waals surface area contributed by atoms with Gasteiger partial charge in [0.15, 0.2) is 5.76 Å². The number of hydrogen-bond donors (Lipinski definition) is 0. The summed E-state index contributed by atoms with van der Waals surface area (Å²) in [6, 6.07) is 6.99. The SMILES string of the molecule is CC(C)(C)OC(=O)N1CCN2[C@@H](CC[C@@H]2c2cc(-c3cccc(C(F)(F)F)c3)on2)C1. The third kappa shape index (κ3) is 4.71. The maximum Gasteiger partial charge on any atom is 0.416 e. The van der Waals surface area contributed by atoms with Crippen molar-refractivity contribution in [2.75, 3.05) is 19.6 Å². The fraction of sp³-hybridized carbons (Fsp3) is 0.545. The summed E-state index contributed by atoms with van der Waals surface area (Å²) in [5, 5.41) is 4.16. The van der Waals surface area contributed by atoms with E-state index in [2.05, 4.69) is 10.1 Å². The van der Waals surface area contributed by atoms with E-state index in [9.17, 15) is 18.0 Å². The van der Waals surface area contributed by atoms with Gasteiger partial charge in [-0.15, -0.1) is 0 Å². The lowest BCUT2D eigenvalue weighted by atomic mass is 10.1. The summed E-state index contributed by atoms with van der Waals surface area (Å²) in [4.78, 5) is 16.4. The maximum absolute atomic E-state index is 13.0. The van der Waals surface area contributed by atoms with Crippen LogP contribution in [0.5, 0.6) is 0 Å². The molecule has 0 aliphatic carbocycles. The highest BCUT2D eigenvalue weighted by Crippen LogP contribution is 2.39. The van der Waals surface area contributed by atoms with Crippen molar-refractivity contribution in [2.24, 2.45) is 0 Å². The van der Waals surface area contributed by atoms with Crippen molar-refractivity contribution in [2.45, 2.75) is 57.5 Å². The van der Waals surface area contributed by atoms with Gasteiger partial charge in [0.05, 0.1) is 11.6 Å². The van der Waals surface area contributed by atoms with Gasteiger partial charge in [-0.3, -0.25) is 4.90 Å². The van der Waals surface area contributed by atoms with Gasteiger partial charge in [-0.25, -0.2) is 4.79 Å². The molecule has 0 unspecified atom stereocenters. The van der Waals surface area contributed by atoms with Crippen LogP contribution in [0.2, 0.25) is 0 Å². The van der Waals surface area contributed by atoms with Crippen molar-refractivity contribution in [3.05, 3.63) is 41.6 Å². The second kappa shape index (κ2) is 7.85. The molecule has 168 valence electrons. The molecule has 2 atom stereocenters. The Kier molecular flexibility index (Phi) is 5.49. The van der Waals surface area contributed by atoms with Crippen molar-refractivity contribution >= 4 is 6.09 Å². The normalized spacial score (nSPS) is 22.5. The van der Waals surface area contributed by atoms with E-state index in [0.29, 0.717) is 36.7 Å². The van der Waals surface area contributed by atoms with Gasteiger partial charge in [0.1, 0.15) is 11.3 Å². The van der Waals surface area contributed by atoms with Crippen LogP contribution >= 0.6 is 0 Å². The van der Waals surface area contributed by atoms with Crippen LogP contribution in [0.25, 0.3) is 11.3 Å². The zero-order valence-corrected chi connectivity index (χ0v) is 17.8. The molecule has 6 nitrogen and oxygen atoms in total. The Morgan fingerprint density at radius 2 is 1.94 bits per heavy atom. The van der Waals surface area contributed by atoms with Crippen LogP contribution in [0, 0.1) is 0 Å². The molecule has 2 aliphatic rings. The van der Waals surface area contributed by atoms with Crippen molar-refractivity contribution in [3.63, 3.8) is 0 Å². The van der Waals surface area contributed by atoms with Crippen LogP contribution in [-0.4, -0.2) is 52.3 Å². The maximum atomic E-state index is 13.0. The molecule has 1 aromatic carbocycles. The molecule has 4 rings (SSSR count). The van der Waals surface area contributed by atoms with E-state index in [1.54, 1.807) is 17.0 Å². The number of nitrogens with zero attached hydrogens (tertiary/aromatic N) is 3. The Bertz CT molecular complexity index is 951. The van der Waals surface area contributed by atoms with Gasteiger partial charge in [-0.1, -0.05) is 17.3 Å². The lowest BCUT2D eigenvalue weighted by molar-refractivity contribution is -0.137. The smallest absolute Gasteiger partial charge is 0.416 e. The third-order valence-electron chi connectivity index (χ3n) is 5.70. The van der Waals surface area contributed by atoms with E-state index in [-0.39, 0.29) is 18.2 Å². The molecule has 2 fully saturated rings. The number of fused-ring (bicyclic) bond motifs is 1. The van der Waals surface area contributed by atoms with E-state index < -0.39 is 17.3 Å². The Hall–Kier alpha value is -2.55. The number of carbonyl (C=O) groups excluding carboxylic acids is 1. The van der Waals surface area contributed by atoms with Crippen LogP contribution in [-0.2, 0) is 10.9 Å². The van der Waals surface area contributed by atoms with Crippen LogP contribution in [0.4, 0.5) is 18.0 Å². The van der Waals surface area contributed by atoms with Crippen LogP contribution in [0.15, 0.2) is 34.9 Å². The standard InChI is InChI=1S/C22H26F3N3O3/c1-21(2,3)30-20(29)27-9-10-28-16(13-27)7-8-18(28)17-12-19(31-26-17)14-5-4-6-15(11-14)22(23,24)25/h4-6,11-12,16,18H,7-10,13H2,1-3H3/t16-,18+/m0/s1. The Morgan fingerprint density at radius 3 is 2.65 bits per heavy atom. The molecule has 0 bridgehead atoms. The highest BCUT2D eigenvalue weighted by atomic mass is 19.4. The first-order valence-electron chi connectivity index (χ1n) is 10.4. The number of benzene rings is 1. The largest absolute Gasteiger partial charge is 0.444 e. The molecule has 1 aromatic heterocycles. The van der Waals surface area contributed by atoms with Gasteiger partial charge >= 0.3 is 12.3 Å². The molecule has 2 saturated heterocycles. The molecule has 0 radical (unpaired) electrons. The number of ether oxygens (including phenoxy) is 1. The molecular weight excluding hydrogens is 411 g/mol. The van der Waals surface area contributed by atoms with Gasteiger partial charge in [0.2, 0.25) is 0 Å². The second-order valence-corrected chi connectivity index (χ2v) is 9.11. The van der Waals surface area contributed by atoms with Crippen molar-refractivity contribution in [1.82, 2.24) is 15.0 Å². The molecule has 3 heterocycles. The van der Waals surface area contributed by atoms with Gasteiger partial charge < -0.3 is 14.2 Å². The summed E-state index contributed by atoms with van der Waals surface area (Å²) in [7, 11) is 0. The van der Waals surface area contributed by atoms with Crippen molar-refractivity contribution < 1.29 is 27.2 Å². The molecule has 0 N–H and O–H groups in total. The Morgan fingerprint density at radius 1 is 1.16 bits per heavy atom. The second-order valence-electron chi connectivity index (χ2n) is 9.11. The van der Waals surface area contributed by atoms with Crippen LogP contribution in [0.3, 0.4) is 0 Å². The van der Waals surface area contributed by atoms with E-state index in [4.69, 9.17) is 9.26 Å². The number of piperazine rings is 1. The summed E-state index contributed by atoms with van der Waals surface area (Å²) >= 11 is 0. The summed E-state index contributed by atoms with van der Waals surface area (Å²) in [5.41, 5.74) is -0.201. The molecule has 0 saturated carbocycles. The van der Waals surface area contributed by atoms with Crippen molar-refractivity contribution in [3.8, 4) is 11.3 Å². The first-order chi connectivity index (χ1) is 14.5. The highest BCUT2D eigenvalue weighted by Gasteiger charge is 2.41. The Labute approximate surface area is 178 Å². The molecule has 31 heavy (non-hydrogen) atoms. The zero-order valence-electron chi connectivity index (χ0n) is 17.8. The quantitative estimate of drug-likeness (QED) is 0.653. The molecule has 0 spiro atoms. The van der Waals surface area contributed by atoms with Crippen molar-refractivity contribution in [1.29, 1.82) is 0 Å². The molecule has 2 aliphatic heterocycles. The lowest BCUT2D eigenvalue weighted by Gasteiger charge is -2.39. The predicted octanol–water partition coefficient (Wildman–Crippen LogP) is 5.12. The van der Waals surface area contributed by atoms with E-state index >= 15 is 0 Å². The number of rotatable bonds is 2. The summed E-state index contributed by atoms with van der Waals surface area (Å²) in [5.74, 6) is 0.317. The van der Waals surface area contributed by atoms with E-state index in [0.717, 1.165) is 25.0 Å². The number of alkyl halides is 3. The summed E-state index contributed by atoms with van der Waals surface area (Å²) in [6.45, 7) is 7.36. The molecule has 1 amide bonds. The monoisotopic (exact) mass is 437 g/mol. The third-order valence-corrected chi connectivity index (χ3v) is 5.70. The summed E-state index contributed by atoms with van der Waals surface area (Å²) < 4.78 is 49.9. The zero-order chi connectivity index (χ0) is 22.4. The van der Waals surface area contributed by atoms with Gasteiger partial charge in [-0.2, -0.15) is 13.2 Å². The number of halogens is 3. The topological polar surface area (TPSA) is 58.8 Å². The lowest BCUT2D eigenvalue weighted by Crippen LogP contribution is -2.53. The fourth-order valence-corrected chi connectivity index (χ4v) is 4.29. The van der Waals surface area contributed by atoms with Gasteiger partial charge in [0.25, 0.3) is 0 Å². The van der Waals surface area contributed by atoms with Gasteiger partial charge in [0, 0.05) is 37.3 Å². The van der Waals surface area contributed by atoms with Gasteiger partial charge in [-0.05, 0) is 45.7 Å². The average Bonchev–Trinajstić information content (AvgIpc) is 3.32. The average molecular weight is 437 g/mol. The number of carbonyl (C=O) groups is 1. The first kappa shape index (κ1) is 21.7. The van der Waals surface area contributed by atoms with Crippen LogP contribution in [0.1, 0.15) is 50.9 Å². The predicted molar refractivity (Wildman–Crippen MR) is 107 cm³/mol. The van der Waals surface area contributed by atoms with Crippen LogP contribution < -0.4 is 0 Å². The molecule has 2 aromatic rings. The number of hydrogen-bond acceptors (Lipinski definition) is 5. The minimum Gasteiger partial charge on any atom is -0.444 e. The highest BCUT2D eigenvalue weighted by molar-refractivity contribution is 5.68. The molecule has 9 heteroatoms. The first-order valence-corrected chi connectivity index (χ1v) is 10.4. The van der Waals surface area contributed by atoms with E-state index in [1.165, 1.54) is 6.07 Å². The molecular formula is C22H26F3N3O3. The minimum absolute atomic E-state index is 0.0223. The number of amides is 1. The van der Waals surface area contributed by atoms with E-state index in [1.807, 2.05) is 20.8 Å².